The molecule has 8 nitrogen and oxygen atoms in total. The Balaban J connectivity index is 1.54. The highest BCUT2D eigenvalue weighted by Crippen LogP contribution is 2.21. The first-order chi connectivity index (χ1) is 13.8. The zero-order chi connectivity index (χ0) is 21.0. The molecule has 0 unspecified atom stereocenters. The second-order valence-electron chi connectivity index (χ2n) is 7.78. The Hall–Kier alpha value is -1.68. The van der Waals surface area contributed by atoms with Gasteiger partial charge in [-0.2, -0.15) is 4.31 Å². The highest BCUT2D eigenvalue weighted by molar-refractivity contribution is 7.89. The van der Waals surface area contributed by atoms with Gasteiger partial charge >= 0.3 is 0 Å². The highest BCUT2D eigenvalue weighted by Gasteiger charge is 2.33. The fraction of sp³-hybridized carbons (Fsp3) is 0.650. The van der Waals surface area contributed by atoms with E-state index >= 15 is 0 Å². The summed E-state index contributed by atoms with van der Waals surface area (Å²) in [7, 11) is -3.57. The molecule has 2 atom stereocenters. The lowest BCUT2D eigenvalue weighted by atomic mass is 10.2. The number of morpholine rings is 1. The van der Waals surface area contributed by atoms with Crippen molar-refractivity contribution in [3.63, 3.8) is 0 Å². The van der Waals surface area contributed by atoms with E-state index in [9.17, 15) is 13.2 Å². The summed E-state index contributed by atoms with van der Waals surface area (Å²) in [6.45, 7) is 10.0. The van der Waals surface area contributed by atoms with Crippen LogP contribution in [0.3, 0.4) is 0 Å². The van der Waals surface area contributed by atoms with Crippen LogP contribution in [0.15, 0.2) is 29.2 Å². The van der Waals surface area contributed by atoms with Gasteiger partial charge in [-0.1, -0.05) is 0 Å². The summed E-state index contributed by atoms with van der Waals surface area (Å²) in [5, 5.41) is 0. The lowest BCUT2D eigenvalue weighted by molar-refractivity contribution is -0.907. The maximum absolute atomic E-state index is 12.9. The van der Waals surface area contributed by atoms with Gasteiger partial charge in [0.15, 0.2) is 6.54 Å². The van der Waals surface area contributed by atoms with Crippen molar-refractivity contribution < 1.29 is 27.6 Å². The average molecular weight is 427 g/mol. The molecule has 2 aliphatic heterocycles. The molecule has 0 aliphatic carbocycles. The molecule has 2 aliphatic rings. The topological polar surface area (TPSA) is 80.6 Å². The van der Waals surface area contributed by atoms with Crippen LogP contribution in [-0.2, 0) is 19.6 Å². The Kier molecular flexibility index (Phi) is 7.15. The number of nitrogens with zero attached hydrogens (tertiary/aromatic N) is 2. The fourth-order valence-electron chi connectivity index (χ4n) is 4.06. The molecule has 2 fully saturated rings. The quantitative estimate of drug-likeness (QED) is 0.670. The molecular weight excluding hydrogens is 394 g/mol. The molecule has 1 amide bonds. The minimum Gasteiger partial charge on any atom is -0.494 e. The number of hydrogen-bond acceptors (Lipinski definition) is 5. The molecule has 29 heavy (non-hydrogen) atoms. The predicted molar refractivity (Wildman–Crippen MR) is 109 cm³/mol. The molecule has 2 heterocycles. The van der Waals surface area contributed by atoms with Gasteiger partial charge in [-0.3, -0.25) is 4.79 Å². The number of nitrogens with one attached hydrogen (secondary N) is 1. The third-order valence-corrected chi connectivity index (χ3v) is 7.29. The van der Waals surface area contributed by atoms with Gasteiger partial charge in [0, 0.05) is 26.2 Å². The van der Waals surface area contributed by atoms with Gasteiger partial charge in [-0.05, 0) is 45.0 Å². The van der Waals surface area contributed by atoms with E-state index in [0.717, 1.165) is 13.1 Å². The molecule has 3 rings (SSSR count). The molecule has 1 aromatic carbocycles. The van der Waals surface area contributed by atoms with Crippen molar-refractivity contribution in [1.82, 2.24) is 9.21 Å². The van der Waals surface area contributed by atoms with Gasteiger partial charge in [-0.25, -0.2) is 8.42 Å². The van der Waals surface area contributed by atoms with Gasteiger partial charge in [0.2, 0.25) is 10.0 Å². The number of benzene rings is 1. The van der Waals surface area contributed by atoms with E-state index < -0.39 is 10.0 Å². The number of piperazine rings is 1. The summed E-state index contributed by atoms with van der Waals surface area (Å²) >= 11 is 0. The lowest BCUT2D eigenvalue weighted by Gasteiger charge is -2.36. The molecule has 162 valence electrons. The summed E-state index contributed by atoms with van der Waals surface area (Å²) in [4.78, 5) is 15.9. The summed E-state index contributed by atoms with van der Waals surface area (Å²) in [5.41, 5.74) is 0. The normalized spacial score (nSPS) is 26.3. The van der Waals surface area contributed by atoms with Crippen molar-refractivity contribution in [2.75, 3.05) is 52.4 Å². The Morgan fingerprint density at radius 1 is 1.10 bits per heavy atom. The summed E-state index contributed by atoms with van der Waals surface area (Å²) in [6, 6.07) is 6.48. The second-order valence-corrected chi connectivity index (χ2v) is 9.72. The number of carbonyl (C=O) groups is 1. The van der Waals surface area contributed by atoms with Crippen LogP contribution in [0.1, 0.15) is 20.8 Å². The van der Waals surface area contributed by atoms with Crippen molar-refractivity contribution in [3.05, 3.63) is 24.3 Å². The summed E-state index contributed by atoms with van der Waals surface area (Å²) < 4.78 is 38.3. The molecule has 0 aromatic heterocycles. The third kappa shape index (κ3) is 5.48. The third-order valence-electron chi connectivity index (χ3n) is 5.38. The molecule has 2 saturated heterocycles. The maximum atomic E-state index is 12.9. The van der Waals surface area contributed by atoms with Crippen LogP contribution in [0, 0.1) is 0 Å². The van der Waals surface area contributed by atoms with Gasteiger partial charge in [0.1, 0.15) is 31.0 Å². The van der Waals surface area contributed by atoms with E-state index in [1.807, 2.05) is 20.8 Å². The first-order valence-electron chi connectivity index (χ1n) is 10.3. The van der Waals surface area contributed by atoms with Crippen molar-refractivity contribution >= 4 is 15.9 Å². The maximum Gasteiger partial charge on any atom is 0.277 e. The molecule has 1 aromatic rings. The van der Waals surface area contributed by atoms with Crippen LogP contribution in [-0.4, -0.2) is 88.2 Å². The first-order valence-corrected chi connectivity index (χ1v) is 11.7. The molecule has 0 radical (unpaired) electrons. The largest absolute Gasteiger partial charge is 0.494 e. The van der Waals surface area contributed by atoms with Crippen LogP contribution >= 0.6 is 0 Å². The molecule has 1 N–H and O–H groups in total. The average Bonchev–Trinajstić information content (AvgIpc) is 2.68. The van der Waals surface area contributed by atoms with Gasteiger partial charge < -0.3 is 19.3 Å². The number of amides is 1. The van der Waals surface area contributed by atoms with Crippen molar-refractivity contribution in [1.29, 1.82) is 0 Å². The predicted octanol–water partition coefficient (Wildman–Crippen LogP) is -0.390. The summed E-state index contributed by atoms with van der Waals surface area (Å²) in [6.07, 6.45) is 0.301. The number of quaternary nitrogens is 1. The van der Waals surface area contributed by atoms with Crippen LogP contribution in [0.2, 0.25) is 0 Å². The second kappa shape index (κ2) is 9.42. The lowest BCUT2D eigenvalue weighted by Crippen LogP contribution is -3.16. The molecule has 0 bridgehead atoms. The van der Waals surface area contributed by atoms with Crippen LogP contribution in [0.5, 0.6) is 5.75 Å². The molecule has 9 heteroatoms. The Bertz CT molecular complexity index is 781. The van der Waals surface area contributed by atoms with E-state index in [-0.39, 0.29) is 23.0 Å². The number of ether oxygens (including phenoxy) is 2. The van der Waals surface area contributed by atoms with E-state index in [1.165, 1.54) is 9.21 Å². The highest BCUT2D eigenvalue weighted by atomic mass is 32.2. The first kappa shape index (κ1) is 22.0. The van der Waals surface area contributed by atoms with E-state index in [4.69, 9.17) is 9.47 Å². The SMILES string of the molecule is CCOc1ccc(S(=O)(=O)N2CCN(C(=O)C[NH+]3C[C@H](C)O[C@@H](C)C3)CC2)cc1. The Morgan fingerprint density at radius 3 is 2.24 bits per heavy atom. The van der Waals surface area contributed by atoms with Gasteiger partial charge in [0.05, 0.1) is 11.5 Å². The van der Waals surface area contributed by atoms with E-state index in [0.29, 0.717) is 45.1 Å². The molecule has 0 spiro atoms. The number of hydrogen-bond donors (Lipinski definition) is 1. The molecule has 0 saturated carbocycles. The van der Waals surface area contributed by atoms with E-state index in [2.05, 4.69) is 0 Å². The van der Waals surface area contributed by atoms with Crippen LogP contribution < -0.4 is 9.64 Å². The zero-order valence-corrected chi connectivity index (χ0v) is 18.3. The van der Waals surface area contributed by atoms with Crippen LogP contribution in [0.25, 0.3) is 0 Å². The minimum atomic E-state index is -3.57. The number of sulfonamides is 1. The van der Waals surface area contributed by atoms with Crippen molar-refractivity contribution in [2.45, 2.75) is 37.9 Å². The van der Waals surface area contributed by atoms with Crippen molar-refractivity contribution in [2.24, 2.45) is 0 Å². The minimum absolute atomic E-state index is 0.0828. The van der Waals surface area contributed by atoms with Gasteiger partial charge in [0.25, 0.3) is 5.91 Å². The van der Waals surface area contributed by atoms with Crippen LogP contribution in [0.4, 0.5) is 0 Å². The van der Waals surface area contributed by atoms with Crippen molar-refractivity contribution in [3.8, 4) is 5.75 Å². The molecular formula is C20H32N3O5S+. The summed E-state index contributed by atoms with van der Waals surface area (Å²) in [5.74, 6) is 0.732. The zero-order valence-electron chi connectivity index (χ0n) is 17.5. The smallest absolute Gasteiger partial charge is 0.277 e. The Morgan fingerprint density at radius 2 is 1.69 bits per heavy atom. The number of rotatable bonds is 6. The van der Waals surface area contributed by atoms with E-state index in [1.54, 1.807) is 29.2 Å². The Labute approximate surface area is 173 Å². The fourth-order valence-corrected chi connectivity index (χ4v) is 5.48. The monoisotopic (exact) mass is 426 g/mol. The number of carbonyl (C=O) groups excluding carboxylic acids is 1. The standard InChI is InChI=1S/C20H31N3O5S/c1-4-27-18-5-7-19(8-6-18)29(25,26)23-11-9-22(10-12-23)20(24)15-21-13-16(2)28-17(3)14-21/h5-8,16-17H,4,9-15H2,1-3H3/p+1/t16-,17-/m0/s1. The van der Waals surface area contributed by atoms with Gasteiger partial charge in [-0.15, -0.1) is 0 Å².